The Labute approximate surface area is 123 Å². The van der Waals surface area contributed by atoms with E-state index in [2.05, 4.69) is 10.6 Å². The van der Waals surface area contributed by atoms with Crippen molar-refractivity contribution in [1.82, 2.24) is 10.6 Å². The molecule has 0 fully saturated rings. The minimum Gasteiger partial charge on any atom is -0.480 e. The summed E-state index contributed by atoms with van der Waals surface area (Å²) in [5.41, 5.74) is 5.72. The van der Waals surface area contributed by atoms with Gasteiger partial charge in [-0.05, 0) is 24.3 Å². The van der Waals surface area contributed by atoms with Gasteiger partial charge >= 0.3 is 5.97 Å². The Kier molecular flexibility index (Phi) is 8.98. The molecule has 0 aromatic rings. The first-order valence-corrected chi connectivity index (χ1v) is 7.73. The number of carbonyl (C=O) groups excluding carboxylic acids is 2. The molecular weight excluding hydrogens is 282 g/mol. The molecule has 8 heteroatoms. The van der Waals surface area contributed by atoms with Crippen LogP contribution in [0, 0.1) is 5.92 Å². The minimum atomic E-state index is -1.14. The fraction of sp³-hybridized carbons (Fsp3) is 0.750. The number of carboxylic acid groups (broad SMARTS) is 1. The molecule has 0 bridgehead atoms. The maximum Gasteiger partial charge on any atom is 0.322 e. The average molecular weight is 305 g/mol. The third-order valence-corrected chi connectivity index (χ3v) is 3.27. The molecule has 2 atom stereocenters. The number of hydrogen-bond acceptors (Lipinski definition) is 5. The van der Waals surface area contributed by atoms with Crippen LogP contribution in [0.4, 0.5) is 0 Å². The van der Waals surface area contributed by atoms with E-state index in [4.69, 9.17) is 10.8 Å². The van der Waals surface area contributed by atoms with E-state index in [0.717, 1.165) is 5.75 Å². The fourth-order valence-electron chi connectivity index (χ4n) is 1.44. The highest BCUT2D eigenvalue weighted by Crippen LogP contribution is 2.04. The van der Waals surface area contributed by atoms with E-state index in [9.17, 15) is 14.4 Å². The van der Waals surface area contributed by atoms with Gasteiger partial charge in [0, 0.05) is 0 Å². The fourth-order valence-corrected chi connectivity index (χ4v) is 1.93. The predicted octanol–water partition coefficient (Wildman–Crippen LogP) is -0.592. The second-order valence-electron chi connectivity index (χ2n) is 4.73. The zero-order chi connectivity index (χ0) is 15.7. The lowest BCUT2D eigenvalue weighted by Gasteiger charge is -2.23. The Hall–Kier alpha value is -1.28. The molecule has 0 heterocycles. The van der Waals surface area contributed by atoms with Gasteiger partial charge in [0.1, 0.15) is 12.6 Å². The van der Waals surface area contributed by atoms with Gasteiger partial charge in [0.05, 0.1) is 6.04 Å². The number of rotatable bonds is 9. The molecule has 0 spiro atoms. The summed E-state index contributed by atoms with van der Waals surface area (Å²) >= 11 is 1.59. The normalized spacial score (nSPS) is 13.7. The Morgan fingerprint density at radius 3 is 2.30 bits per heavy atom. The van der Waals surface area contributed by atoms with Gasteiger partial charge in [0.25, 0.3) is 0 Å². The highest BCUT2D eigenvalue weighted by molar-refractivity contribution is 7.98. The van der Waals surface area contributed by atoms with Gasteiger partial charge in [-0.25, -0.2) is 0 Å². The number of aliphatic carboxylic acids is 1. The topological polar surface area (TPSA) is 122 Å². The van der Waals surface area contributed by atoms with E-state index >= 15 is 0 Å². The van der Waals surface area contributed by atoms with Crippen molar-refractivity contribution in [3.8, 4) is 0 Å². The summed E-state index contributed by atoms with van der Waals surface area (Å²) in [7, 11) is 0. The third kappa shape index (κ3) is 7.34. The number of nitrogens with one attached hydrogen (secondary N) is 2. The second kappa shape index (κ2) is 9.60. The number of thioether (sulfide) groups is 1. The van der Waals surface area contributed by atoms with Gasteiger partial charge in [-0.1, -0.05) is 13.8 Å². The number of amides is 2. The van der Waals surface area contributed by atoms with E-state index in [-0.39, 0.29) is 5.92 Å². The second-order valence-corrected chi connectivity index (χ2v) is 5.72. The molecule has 0 rings (SSSR count). The monoisotopic (exact) mass is 305 g/mol. The van der Waals surface area contributed by atoms with Crippen LogP contribution in [0.3, 0.4) is 0 Å². The summed E-state index contributed by atoms with van der Waals surface area (Å²) < 4.78 is 0. The van der Waals surface area contributed by atoms with E-state index in [1.54, 1.807) is 25.6 Å². The largest absolute Gasteiger partial charge is 0.480 e. The van der Waals surface area contributed by atoms with Crippen molar-refractivity contribution in [3.05, 3.63) is 0 Å². The molecule has 116 valence electrons. The zero-order valence-electron chi connectivity index (χ0n) is 12.0. The molecular formula is C12H23N3O4S. The minimum absolute atomic E-state index is 0.166. The number of hydrogen-bond donors (Lipinski definition) is 4. The molecule has 5 N–H and O–H groups in total. The number of nitrogens with two attached hydrogens (primary N) is 1. The summed E-state index contributed by atoms with van der Waals surface area (Å²) in [4.78, 5) is 34.1. The lowest BCUT2D eigenvalue weighted by molar-refractivity contribution is -0.138. The number of carbonyl (C=O) groups is 3. The van der Waals surface area contributed by atoms with Crippen molar-refractivity contribution < 1.29 is 19.5 Å². The average Bonchev–Trinajstić information content (AvgIpc) is 2.38. The molecule has 0 aliphatic carbocycles. The van der Waals surface area contributed by atoms with Crippen LogP contribution in [0.5, 0.6) is 0 Å². The highest BCUT2D eigenvalue weighted by Gasteiger charge is 2.26. The zero-order valence-corrected chi connectivity index (χ0v) is 12.8. The first-order valence-electron chi connectivity index (χ1n) is 6.34. The van der Waals surface area contributed by atoms with Crippen molar-refractivity contribution >= 4 is 29.5 Å². The molecule has 0 aromatic carbocycles. The van der Waals surface area contributed by atoms with Gasteiger partial charge < -0.3 is 21.5 Å². The Morgan fingerprint density at radius 1 is 1.25 bits per heavy atom. The molecule has 0 aliphatic heterocycles. The lowest BCUT2D eigenvalue weighted by atomic mass is 10.0. The van der Waals surface area contributed by atoms with Gasteiger partial charge in [0.2, 0.25) is 11.8 Å². The standard InChI is InChI=1S/C12H23N3O4S/c1-7(2)10(12(19)14-6-9(16)17)15-11(18)8(13)4-5-20-3/h7-8,10H,4-6,13H2,1-3H3,(H,14,19)(H,15,18)(H,16,17)/t8-,10-/m0/s1. The summed E-state index contributed by atoms with van der Waals surface area (Å²) in [6, 6.07) is -1.46. The maximum absolute atomic E-state index is 11.9. The molecule has 0 saturated heterocycles. The van der Waals surface area contributed by atoms with Crippen LogP contribution in [-0.4, -0.2) is 53.5 Å². The van der Waals surface area contributed by atoms with Gasteiger partial charge in [-0.3, -0.25) is 14.4 Å². The Bertz CT molecular complexity index is 350. The van der Waals surface area contributed by atoms with Crippen LogP contribution in [0.2, 0.25) is 0 Å². The van der Waals surface area contributed by atoms with E-state index in [1.165, 1.54) is 0 Å². The predicted molar refractivity (Wildman–Crippen MR) is 78.4 cm³/mol. The summed E-state index contributed by atoms with van der Waals surface area (Å²) in [6.07, 6.45) is 2.44. The summed E-state index contributed by atoms with van der Waals surface area (Å²) in [6.45, 7) is 3.05. The maximum atomic E-state index is 11.9. The summed E-state index contributed by atoms with van der Waals surface area (Å²) in [5, 5.41) is 13.3. The van der Waals surface area contributed by atoms with Crippen LogP contribution >= 0.6 is 11.8 Å². The van der Waals surface area contributed by atoms with Crippen LogP contribution in [0.15, 0.2) is 0 Å². The summed E-state index contributed by atoms with van der Waals surface area (Å²) in [5.74, 6) is -1.47. The van der Waals surface area contributed by atoms with Crippen molar-refractivity contribution in [2.75, 3.05) is 18.6 Å². The molecule has 7 nitrogen and oxygen atoms in total. The molecule has 0 aromatic heterocycles. The van der Waals surface area contributed by atoms with E-state index in [0.29, 0.717) is 6.42 Å². The first-order chi connectivity index (χ1) is 9.29. The molecule has 0 radical (unpaired) electrons. The molecule has 0 unspecified atom stereocenters. The molecule has 2 amide bonds. The van der Waals surface area contributed by atoms with Crippen molar-refractivity contribution in [2.45, 2.75) is 32.4 Å². The smallest absolute Gasteiger partial charge is 0.322 e. The van der Waals surface area contributed by atoms with Crippen LogP contribution in [-0.2, 0) is 14.4 Å². The molecule has 20 heavy (non-hydrogen) atoms. The first kappa shape index (κ1) is 18.7. The third-order valence-electron chi connectivity index (χ3n) is 2.63. The van der Waals surface area contributed by atoms with E-state index < -0.39 is 36.4 Å². The van der Waals surface area contributed by atoms with E-state index in [1.807, 2.05) is 6.26 Å². The van der Waals surface area contributed by atoms with Crippen molar-refractivity contribution in [2.24, 2.45) is 11.7 Å². The van der Waals surface area contributed by atoms with Crippen molar-refractivity contribution in [1.29, 1.82) is 0 Å². The van der Waals surface area contributed by atoms with Crippen LogP contribution < -0.4 is 16.4 Å². The highest BCUT2D eigenvalue weighted by atomic mass is 32.2. The molecule has 0 saturated carbocycles. The Balaban J connectivity index is 4.49. The Morgan fingerprint density at radius 2 is 1.85 bits per heavy atom. The van der Waals surface area contributed by atoms with Gasteiger partial charge in [-0.15, -0.1) is 0 Å². The van der Waals surface area contributed by atoms with Crippen LogP contribution in [0.25, 0.3) is 0 Å². The van der Waals surface area contributed by atoms with Crippen molar-refractivity contribution in [3.63, 3.8) is 0 Å². The van der Waals surface area contributed by atoms with Crippen LogP contribution in [0.1, 0.15) is 20.3 Å². The van der Waals surface area contributed by atoms with Gasteiger partial charge in [-0.2, -0.15) is 11.8 Å². The quantitative estimate of drug-likeness (QED) is 0.452. The SMILES string of the molecule is CSCC[C@H](N)C(=O)N[C@H](C(=O)NCC(=O)O)C(C)C. The molecule has 0 aliphatic rings. The number of carboxylic acids is 1. The lowest BCUT2D eigenvalue weighted by Crippen LogP contribution is -2.54. The van der Waals surface area contributed by atoms with Gasteiger partial charge in [0.15, 0.2) is 0 Å².